The van der Waals surface area contributed by atoms with Crippen molar-refractivity contribution in [3.05, 3.63) is 29.6 Å². The Morgan fingerprint density at radius 3 is 2.63 bits per heavy atom. The topological polar surface area (TPSA) is 31.4 Å². The number of hydrogen-bond donors (Lipinski definition) is 1. The van der Waals surface area contributed by atoms with Gasteiger partial charge in [-0.15, -0.1) is 0 Å². The number of piperazine rings is 1. The van der Waals surface area contributed by atoms with Crippen LogP contribution in [0.15, 0.2) is 18.3 Å². The smallest absolute Gasteiger partial charge is 0.0544 e. The Morgan fingerprint density at radius 2 is 2.00 bits per heavy atom. The SMILES string of the molecule is CCCNCc1ccc(CN2CCN(C)CC2)nc1. The molecule has 0 aliphatic carbocycles. The van der Waals surface area contributed by atoms with E-state index in [0.29, 0.717) is 0 Å². The Hall–Kier alpha value is -0.970. The molecule has 1 fully saturated rings. The summed E-state index contributed by atoms with van der Waals surface area (Å²) >= 11 is 0. The number of pyridine rings is 1. The van der Waals surface area contributed by atoms with Gasteiger partial charge >= 0.3 is 0 Å². The third-order valence-electron chi connectivity index (χ3n) is 3.62. The fourth-order valence-electron chi connectivity index (χ4n) is 2.30. The van der Waals surface area contributed by atoms with Crippen molar-refractivity contribution >= 4 is 0 Å². The van der Waals surface area contributed by atoms with Crippen molar-refractivity contribution in [2.45, 2.75) is 26.4 Å². The number of nitrogens with one attached hydrogen (secondary N) is 1. The summed E-state index contributed by atoms with van der Waals surface area (Å²) in [6, 6.07) is 4.36. The van der Waals surface area contributed by atoms with Crippen molar-refractivity contribution in [1.29, 1.82) is 0 Å². The maximum Gasteiger partial charge on any atom is 0.0544 e. The van der Waals surface area contributed by atoms with Gasteiger partial charge in [0.2, 0.25) is 0 Å². The first-order valence-electron chi connectivity index (χ1n) is 7.33. The molecular formula is C15H26N4. The number of aromatic nitrogens is 1. The molecule has 1 aliphatic heterocycles. The molecule has 1 aromatic heterocycles. The summed E-state index contributed by atoms with van der Waals surface area (Å²) in [5.74, 6) is 0. The van der Waals surface area contributed by atoms with Crippen LogP contribution in [0.4, 0.5) is 0 Å². The fraction of sp³-hybridized carbons (Fsp3) is 0.667. The predicted molar refractivity (Wildman–Crippen MR) is 79.0 cm³/mol. The molecule has 0 saturated carbocycles. The lowest BCUT2D eigenvalue weighted by Gasteiger charge is -2.32. The molecule has 1 N–H and O–H groups in total. The highest BCUT2D eigenvalue weighted by molar-refractivity contribution is 5.14. The molecule has 1 saturated heterocycles. The van der Waals surface area contributed by atoms with Crippen LogP contribution in [0.25, 0.3) is 0 Å². The number of rotatable bonds is 6. The second kappa shape index (κ2) is 7.58. The predicted octanol–water partition coefficient (Wildman–Crippen LogP) is 1.33. The quantitative estimate of drug-likeness (QED) is 0.784. The highest BCUT2D eigenvalue weighted by Gasteiger charge is 2.14. The molecule has 106 valence electrons. The van der Waals surface area contributed by atoms with E-state index in [9.17, 15) is 0 Å². The highest BCUT2D eigenvalue weighted by Crippen LogP contribution is 2.07. The zero-order valence-corrected chi connectivity index (χ0v) is 12.2. The van der Waals surface area contributed by atoms with Crippen molar-refractivity contribution in [2.24, 2.45) is 0 Å². The van der Waals surface area contributed by atoms with Gasteiger partial charge in [0.1, 0.15) is 0 Å². The molecule has 0 unspecified atom stereocenters. The van der Waals surface area contributed by atoms with Crippen molar-refractivity contribution in [1.82, 2.24) is 20.1 Å². The standard InChI is InChI=1S/C15H26N4/c1-3-6-16-11-14-4-5-15(17-12-14)13-19-9-7-18(2)8-10-19/h4-5,12,16H,3,6-11,13H2,1-2H3. The van der Waals surface area contributed by atoms with Gasteiger partial charge in [-0.1, -0.05) is 13.0 Å². The summed E-state index contributed by atoms with van der Waals surface area (Å²) in [7, 11) is 2.19. The van der Waals surface area contributed by atoms with E-state index in [-0.39, 0.29) is 0 Å². The first-order chi connectivity index (χ1) is 9.28. The van der Waals surface area contributed by atoms with Gasteiger partial charge in [-0.05, 0) is 31.6 Å². The van der Waals surface area contributed by atoms with Crippen LogP contribution in [0.3, 0.4) is 0 Å². The van der Waals surface area contributed by atoms with Crippen molar-refractivity contribution in [2.75, 3.05) is 39.8 Å². The molecular weight excluding hydrogens is 236 g/mol. The summed E-state index contributed by atoms with van der Waals surface area (Å²) in [5.41, 5.74) is 2.46. The zero-order chi connectivity index (χ0) is 13.5. The average Bonchev–Trinajstić information content (AvgIpc) is 2.44. The Balaban J connectivity index is 1.78. The first kappa shape index (κ1) is 14.4. The van der Waals surface area contributed by atoms with Gasteiger partial charge < -0.3 is 10.2 Å². The molecule has 0 aromatic carbocycles. The molecule has 19 heavy (non-hydrogen) atoms. The minimum absolute atomic E-state index is 0.926. The van der Waals surface area contributed by atoms with Crippen LogP contribution < -0.4 is 5.32 Å². The monoisotopic (exact) mass is 262 g/mol. The van der Waals surface area contributed by atoms with Crippen molar-refractivity contribution < 1.29 is 0 Å². The van der Waals surface area contributed by atoms with Gasteiger partial charge in [-0.3, -0.25) is 9.88 Å². The lowest BCUT2D eigenvalue weighted by Crippen LogP contribution is -2.44. The summed E-state index contributed by atoms with van der Waals surface area (Å²) in [5, 5.41) is 3.40. The van der Waals surface area contributed by atoms with E-state index < -0.39 is 0 Å². The molecule has 1 aliphatic rings. The molecule has 0 atom stereocenters. The highest BCUT2D eigenvalue weighted by atomic mass is 15.2. The number of likely N-dealkylation sites (N-methyl/N-ethyl adjacent to an activating group) is 1. The second-order valence-electron chi connectivity index (χ2n) is 5.41. The minimum atomic E-state index is 0.926. The summed E-state index contributed by atoms with van der Waals surface area (Å²) in [6.45, 7) is 9.80. The Morgan fingerprint density at radius 1 is 1.21 bits per heavy atom. The molecule has 1 aromatic rings. The second-order valence-corrected chi connectivity index (χ2v) is 5.41. The lowest BCUT2D eigenvalue weighted by molar-refractivity contribution is 0.147. The van der Waals surface area contributed by atoms with Crippen LogP contribution in [-0.2, 0) is 13.1 Å². The summed E-state index contributed by atoms with van der Waals surface area (Å²) in [4.78, 5) is 9.44. The minimum Gasteiger partial charge on any atom is -0.313 e. The van der Waals surface area contributed by atoms with Crippen LogP contribution >= 0.6 is 0 Å². The largest absolute Gasteiger partial charge is 0.313 e. The zero-order valence-electron chi connectivity index (χ0n) is 12.2. The van der Waals surface area contributed by atoms with E-state index in [1.165, 1.54) is 30.8 Å². The van der Waals surface area contributed by atoms with Crippen LogP contribution in [0, 0.1) is 0 Å². The van der Waals surface area contributed by atoms with Crippen LogP contribution in [0.1, 0.15) is 24.6 Å². The third kappa shape index (κ3) is 4.90. The van der Waals surface area contributed by atoms with E-state index in [0.717, 1.165) is 32.7 Å². The summed E-state index contributed by atoms with van der Waals surface area (Å²) in [6.07, 6.45) is 3.18. The molecule has 4 heteroatoms. The van der Waals surface area contributed by atoms with E-state index in [4.69, 9.17) is 0 Å². The molecule has 4 nitrogen and oxygen atoms in total. The molecule has 0 radical (unpaired) electrons. The van der Waals surface area contributed by atoms with Gasteiger partial charge in [0.05, 0.1) is 5.69 Å². The van der Waals surface area contributed by atoms with E-state index >= 15 is 0 Å². The normalized spacial score (nSPS) is 17.8. The molecule has 2 heterocycles. The van der Waals surface area contributed by atoms with Crippen LogP contribution in [-0.4, -0.2) is 54.6 Å². The van der Waals surface area contributed by atoms with Gasteiger partial charge in [-0.25, -0.2) is 0 Å². The number of nitrogens with zero attached hydrogens (tertiary/aromatic N) is 3. The van der Waals surface area contributed by atoms with Crippen molar-refractivity contribution in [3.63, 3.8) is 0 Å². The van der Waals surface area contributed by atoms with Crippen LogP contribution in [0.2, 0.25) is 0 Å². The van der Waals surface area contributed by atoms with Gasteiger partial charge in [-0.2, -0.15) is 0 Å². The van der Waals surface area contributed by atoms with E-state index in [1.54, 1.807) is 0 Å². The molecule has 0 spiro atoms. The number of hydrogen-bond acceptors (Lipinski definition) is 4. The Labute approximate surface area is 116 Å². The average molecular weight is 262 g/mol. The van der Waals surface area contributed by atoms with Gasteiger partial charge in [0.15, 0.2) is 0 Å². The fourth-order valence-corrected chi connectivity index (χ4v) is 2.30. The van der Waals surface area contributed by atoms with Crippen LogP contribution in [0.5, 0.6) is 0 Å². The Bertz CT molecular complexity index is 355. The summed E-state index contributed by atoms with van der Waals surface area (Å²) < 4.78 is 0. The molecule has 0 bridgehead atoms. The lowest BCUT2D eigenvalue weighted by atomic mass is 10.2. The maximum absolute atomic E-state index is 4.58. The molecule has 2 rings (SSSR count). The van der Waals surface area contributed by atoms with E-state index in [2.05, 4.69) is 46.2 Å². The maximum atomic E-state index is 4.58. The Kier molecular flexibility index (Phi) is 5.76. The van der Waals surface area contributed by atoms with Gasteiger partial charge in [0.25, 0.3) is 0 Å². The molecule has 0 amide bonds. The first-order valence-corrected chi connectivity index (χ1v) is 7.33. The van der Waals surface area contributed by atoms with Gasteiger partial charge in [0, 0.05) is 45.5 Å². The third-order valence-corrected chi connectivity index (χ3v) is 3.62. The van der Waals surface area contributed by atoms with E-state index in [1.807, 2.05) is 6.20 Å². The van der Waals surface area contributed by atoms with Crippen molar-refractivity contribution in [3.8, 4) is 0 Å².